The van der Waals surface area contributed by atoms with E-state index < -0.39 is 0 Å². The monoisotopic (exact) mass is 378 g/mol. The first kappa shape index (κ1) is 17.3. The van der Waals surface area contributed by atoms with Gasteiger partial charge >= 0.3 is 0 Å². The normalized spacial score (nSPS) is 14.4. The molecule has 0 bridgehead atoms. The molecule has 2 amide bonds. The van der Waals surface area contributed by atoms with Gasteiger partial charge in [-0.3, -0.25) is 14.5 Å². The van der Waals surface area contributed by atoms with Crippen LogP contribution in [0.5, 0.6) is 0 Å². The molecule has 0 unspecified atom stereocenters. The zero-order valence-electron chi connectivity index (χ0n) is 15.0. The van der Waals surface area contributed by atoms with Gasteiger partial charge in [-0.1, -0.05) is 23.8 Å². The molecule has 5 nitrogen and oxygen atoms in total. The van der Waals surface area contributed by atoms with Crippen LogP contribution in [-0.2, 0) is 16.1 Å². The zero-order chi connectivity index (χ0) is 19.0. The molecule has 6 heteroatoms. The predicted molar refractivity (Wildman–Crippen MR) is 105 cm³/mol. The van der Waals surface area contributed by atoms with Gasteiger partial charge in [0, 0.05) is 10.6 Å². The molecule has 1 aliphatic rings. The number of carbonyl (C=O) groups is 2. The molecule has 0 saturated heterocycles. The van der Waals surface area contributed by atoms with Crippen molar-refractivity contribution in [1.82, 2.24) is 4.90 Å². The molecule has 2 aromatic heterocycles. The Morgan fingerprint density at radius 3 is 2.59 bits per heavy atom. The maximum Gasteiger partial charge on any atom is 0.278 e. The number of amides is 2. The predicted octanol–water partition coefficient (Wildman–Crippen LogP) is 4.35. The van der Waals surface area contributed by atoms with Gasteiger partial charge in [0.2, 0.25) is 0 Å². The Hall–Kier alpha value is -3.12. The van der Waals surface area contributed by atoms with Crippen LogP contribution in [0.15, 0.2) is 64.2 Å². The number of furan rings is 1. The van der Waals surface area contributed by atoms with E-state index in [-0.39, 0.29) is 18.4 Å². The lowest BCUT2D eigenvalue weighted by Crippen LogP contribution is -2.31. The van der Waals surface area contributed by atoms with Crippen molar-refractivity contribution in [1.29, 1.82) is 0 Å². The van der Waals surface area contributed by atoms with Gasteiger partial charge < -0.3 is 9.73 Å². The molecule has 0 fully saturated rings. The van der Waals surface area contributed by atoms with Gasteiger partial charge in [0.25, 0.3) is 11.8 Å². The molecule has 0 radical (unpaired) electrons. The summed E-state index contributed by atoms with van der Waals surface area (Å²) in [4.78, 5) is 28.1. The fourth-order valence-corrected chi connectivity index (χ4v) is 3.90. The second-order valence-electron chi connectivity index (χ2n) is 6.45. The highest BCUT2D eigenvalue weighted by Crippen LogP contribution is 2.34. The topological polar surface area (TPSA) is 62.6 Å². The minimum Gasteiger partial charge on any atom is -0.467 e. The first-order valence-electron chi connectivity index (χ1n) is 8.55. The first-order chi connectivity index (χ1) is 13.0. The van der Waals surface area contributed by atoms with Crippen LogP contribution >= 0.6 is 11.3 Å². The minimum atomic E-state index is -0.347. The largest absolute Gasteiger partial charge is 0.467 e. The molecule has 1 aromatic carbocycles. The van der Waals surface area contributed by atoms with Gasteiger partial charge in [0.15, 0.2) is 0 Å². The molecule has 0 saturated carbocycles. The molecular formula is C21H18N2O3S. The van der Waals surface area contributed by atoms with E-state index in [1.54, 1.807) is 12.1 Å². The molecule has 1 aliphatic heterocycles. The van der Waals surface area contributed by atoms with Gasteiger partial charge in [-0.25, -0.2) is 0 Å². The molecule has 3 aromatic rings. The number of carbonyl (C=O) groups excluding carboxylic acids is 2. The van der Waals surface area contributed by atoms with E-state index in [1.807, 2.05) is 49.6 Å². The van der Waals surface area contributed by atoms with Crippen molar-refractivity contribution < 1.29 is 14.0 Å². The second kappa shape index (κ2) is 6.89. The third-order valence-electron chi connectivity index (χ3n) is 4.47. The highest BCUT2D eigenvalue weighted by atomic mass is 32.1. The maximum absolute atomic E-state index is 13.1. The van der Waals surface area contributed by atoms with Gasteiger partial charge in [-0.15, -0.1) is 11.3 Å². The van der Waals surface area contributed by atoms with Gasteiger partial charge in [0.05, 0.1) is 18.4 Å². The van der Waals surface area contributed by atoms with Crippen LogP contribution in [0.1, 0.15) is 21.8 Å². The molecule has 0 aliphatic carbocycles. The summed E-state index contributed by atoms with van der Waals surface area (Å²) < 4.78 is 5.32. The van der Waals surface area contributed by atoms with Crippen LogP contribution in [0.4, 0.5) is 5.69 Å². The molecule has 1 N–H and O–H groups in total. The minimum absolute atomic E-state index is 0.109. The molecule has 4 rings (SSSR count). The summed E-state index contributed by atoms with van der Waals surface area (Å²) in [6.45, 7) is 4.10. The van der Waals surface area contributed by atoms with Crippen LogP contribution in [0, 0.1) is 13.8 Å². The molecule has 27 heavy (non-hydrogen) atoms. The summed E-state index contributed by atoms with van der Waals surface area (Å²) in [5.41, 5.74) is 3.67. The van der Waals surface area contributed by atoms with E-state index in [0.717, 1.165) is 21.7 Å². The van der Waals surface area contributed by atoms with Crippen molar-refractivity contribution in [2.24, 2.45) is 0 Å². The van der Waals surface area contributed by atoms with E-state index in [2.05, 4.69) is 5.32 Å². The summed E-state index contributed by atoms with van der Waals surface area (Å²) >= 11 is 1.44. The van der Waals surface area contributed by atoms with E-state index in [0.29, 0.717) is 17.0 Å². The Morgan fingerprint density at radius 2 is 1.93 bits per heavy atom. The quantitative estimate of drug-likeness (QED) is 0.671. The highest BCUT2D eigenvalue weighted by Gasteiger charge is 2.40. The average Bonchev–Trinajstić information content (AvgIpc) is 3.37. The SMILES string of the molecule is Cc1ccc(NC2=C(c3cccs3)C(=O)N(Cc3ccco3)C2=O)c(C)c1. The van der Waals surface area contributed by atoms with Crippen LogP contribution < -0.4 is 5.32 Å². The van der Waals surface area contributed by atoms with Crippen molar-refractivity contribution in [2.75, 3.05) is 5.32 Å². The zero-order valence-corrected chi connectivity index (χ0v) is 15.8. The van der Waals surface area contributed by atoms with E-state index in [9.17, 15) is 9.59 Å². The number of benzene rings is 1. The lowest BCUT2D eigenvalue weighted by molar-refractivity contribution is -0.137. The molecule has 3 heterocycles. The summed E-state index contributed by atoms with van der Waals surface area (Å²) in [5, 5.41) is 5.10. The van der Waals surface area contributed by atoms with E-state index in [1.165, 1.54) is 22.5 Å². The fourth-order valence-electron chi connectivity index (χ4n) is 3.13. The second-order valence-corrected chi connectivity index (χ2v) is 7.39. The Labute approximate surface area is 160 Å². The summed E-state index contributed by atoms with van der Waals surface area (Å²) in [7, 11) is 0. The Morgan fingerprint density at radius 1 is 1.07 bits per heavy atom. The Bertz CT molecular complexity index is 1030. The Balaban J connectivity index is 1.74. The molecule has 0 spiro atoms. The maximum atomic E-state index is 13.1. The third kappa shape index (κ3) is 3.19. The number of imide groups is 1. The Kier molecular flexibility index (Phi) is 4.41. The number of thiophene rings is 1. The molecule has 136 valence electrons. The van der Waals surface area contributed by atoms with Crippen molar-refractivity contribution in [2.45, 2.75) is 20.4 Å². The van der Waals surface area contributed by atoms with E-state index in [4.69, 9.17) is 4.42 Å². The van der Waals surface area contributed by atoms with Crippen molar-refractivity contribution in [3.8, 4) is 0 Å². The first-order valence-corrected chi connectivity index (χ1v) is 9.43. The van der Waals surface area contributed by atoms with E-state index >= 15 is 0 Å². The lowest BCUT2D eigenvalue weighted by atomic mass is 10.1. The number of nitrogens with one attached hydrogen (secondary N) is 1. The van der Waals surface area contributed by atoms with Crippen molar-refractivity contribution in [3.63, 3.8) is 0 Å². The van der Waals surface area contributed by atoms with Gasteiger partial charge in [-0.05, 0) is 49.1 Å². The summed E-state index contributed by atoms with van der Waals surface area (Å²) in [6, 6.07) is 13.2. The van der Waals surface area contributed by atoms with Crippen LogP contribution in [0.2, 0.25) is 0 Å². The number of hydrogen-bond acceptors (Lipinski definition) is 5. The average molecular weight is 378 g/mol. The highest BCUT2D eigenvalue weighted by molar-refractivity contribution is 7.11. The standard InChI is InChI=1S/C21H18N2O3S/c1-13-7-8-16(14(2)11-13)22-19-18(17-6-4-10-27-17)20(24)23(21(19)25)12-15-5-3-9-26-15/h3-11,22H,12H2,1-2H3. The summed E-state index contributed by atoms with van der Waals surface area (Å²) in [6.07, 6.45) is 1.53. The van der Waals surface area contributed by atoms with Crippen LogP contribution in [-0.4, -0.2) is 16.7 Å². The smallest absolute Gasteiger partial charge is 0.278 e. The number of aryl methyl sites for hydroxylation is 2. The lowest BCUT2D eigenvalue weighted by Gasteiger charge is -2.14. The van der Waals surface area contributed by atoms with Crippen LogP contribution in [0.3, 0.4) is 0 Å². The summed E-state index contributed by atoms with van der Waals surface area (Å²) in [5.74, 6) is -0.0964. The number of nitrogens with zero attached hydrogens (tertiary/aromatic N) is 1. The van der Waals surface area contributed by atoms with Crippen molar-refractivity contribution >= 4 is 34.4 Å². The molecular weight excluding hydrogens is 360 g/mol. The third-order valence-corrected chi connectivity index (χ3v) is 5.36. The van der Waals surface area contributed by atoms with Crippen LogP contribution in [0.25, 0.3) is 5.57 Å². The van der Waals surface area contributed by atoms with Gasteiger partial charge in [-0.2, -0.15) is 0 Å². The number of hydrogen-bond donors (Lipinski definition) is 1. The fraction of sp³-hybridized carbons (Fsp3) is 0.143. The number of anilines is 1. The number of rotatable bonds is 5. The van der Waals surface area contributed by atoms with Gasteiger partial charge in [0.1, 0.15) is 11.5 Å². The van der Waals surface area contributed by atoms with Crippen molar-refractivity contribution in [3.05, 3.63) is 81.6 Å². The molecule has 0 atom stereocenters.